The normalized spacial score (nSPS) is 13.6. The van der Waals surface area contributed by atoms with Crippen molar-refractivity contribution in [1.29, 1.82) is 0 Å². The maximum Gasteiger partial charge on any atom is 0.361 e. The summed E-state index contributed by atoms with van der Waals surface area (Å²) in [6, 6.07) is 0. The van der Waals surface area contributed by atoms with Gasteiger partial charge < -0.3 is 28.5 Å². The molecule has 2 atom stereocenters. The van der Waals surface area contributed by atoms with Crippen LogP contribution < -0.4 is 0 Å². The van der Waals surface area contributed by atoms with E-state index in [9.17, 15) is 19.5 Å². The number of quaternary nitrogens is 1. The molecule has 450 valence electrons. The molecule has 0 radical (unpaired) electrons. The monoisotopic (exact) mass is 1100 g/mol. The van der Waals surface area contributed by atoms with Gasteiger partial charge >= 0.3 is 17.9 Å². The minimum atomic E-state index is -1.53. The van der Waals surface area contributed by atoms with E-state index in [4.69, 9.17) is 18.9 Å². The first-order valence-corrected chi connectivity index (χ1v) is 31.7. The molecule has 0 saturated heterocycles. The number of nitrogens with zero attached hydrogens (tertiary/aromatic N) is 1. The van der Waals surface area contributed by atoms with E-state index in [0.29, 0.717) is 17.4 Å². The third-order valence-corrected chi connectivity index (χ3v) is 13.2. The quantitative estimate of drug-likeness (QED) is 0.0211. The van der Waals surface area contributed by atoms with Gasteiger partial charge in [-0.25, -0.2) is 4.79 Å². The molecule has 2 unspecified atom stereocenters. The van der Waals surface area contributed by atoms with Crippen molar-refractivity contribution < 1.29 is 42.9 Å². The summed E-state index contributed by atoms with van der Waals surface area (Å²) >= 11 is 0. The highest BCUT2D eigenvalue weighted by Gasteiger charge is 2.25. The molecular formula is C70H118NO8+. The van der Waals surface area contributed by atoms with E-state index < -0.39 is 24.3 Å². The predicted molar refractivity (Wildman–Crippen MR) is 336 cm³/mol. The highest BCUT2D eigenvalue weighted by Crippen LogP contribution is 2.16. The average Bonchev–Trinajstić information content (AvgIpc) is 3.42. The van der Waals surface area contributed by atoms with Gasteiger partial charge in [0.05, 0.1) is 34.4 Å². The molecule has 79 heavy (non-hydrogen) atoms. The van der Waals surface area contributed by atoms with Crippen molar-refractivity contribution >= 4 is 17.9 Å². The van der Waals surface area contributed by atoms with E-state index in [1.807, 2.05) is 21.1 Å². The third-order valence-electron chi connectivity index (χ3n) is 13.2. The number of carboxylic acids is 1. The van der Waals surface area contributed by atoms with Gasteiger partial charge in [0.1, 0.15) is 13.2 Å². The number of likely N-dealkylation sites (N-methyl/N-ethyl adjacent to an activating group) is 1. The van der Waals surface area contributed by atoms with Crippen molar-refractivity contribution in [2.75, 3.05) is 47.5 Å². The van der Waals surface area contributed by atoms with Crippen LogP contribution in [0.2, 0.25) is 0 Å². The largest absolute Gasteiger partial charge is 0.477 e. The van der Waals surface area contributed by atoms with Crippen molar-refractivity contribution in [2.45, 2.75) is 257 Å². The Labute approximate surface area is 485 Å². The molecule has 0 fully saturated rings. The molecule has 9 heteroatoms. The molecule has 0 aromatic rings. The number of allylic oxidation sites excluding steroid dienone is 20. The number of carbonyl (C=O) groups excluding carboxylic acids is 2. The van der Waals surface area contributed by atoms with Gasteiger partial charge in [0, 0.05) is 12.8 Å². The molecule has 0 aliphatic heterocycles. The molecule has 0 spiro atoms. The lowest BCUT2D eigenvalue weighted by molar-refractivity contribution is -0.870. The fourth-order valence-corrected chi connectivity index (χ4v) is 8.35. The Morgan fingerprint density at radius 2 is 0.722 bits per heavy atom. The zero-order valence-electron chi connectivity index (χ0n) is 51.2. The molecule has 0 bridgehead atoms. The van der Waals surface area contributed by atoms with Crippen LogP contribution in [0.5, 0.6) is 0 Å². The number of esters is 2. The number of hydrogen-bond acceptors (Lipinski definition) is 7. The van der Waals surface area contributed by atoms with E-state index in [-0.39, 0.29) is 38.6 Å². The number of hydrogen-bond donors (Lipinski definition) is 1. The standard InChI is InChI=1S/C70H117NO8/c1-6-8-10-12-14-16-18-20-22-24-26-28-30-32-34-36-38-40-42-44-46-48-50-52-54-56-58-60-67(72)77-64-66(65-78-70(69(74)75)76-63-62-71(3,4)5)79-68(73)61-59-57-55-53-51-49-47-45-43-41-39-37-35-33-31-29-27-25-23-21-19-17-15-13-11-9-7-2/h9,11,15,17-18,20-21,23-24,26-27,29,33,35,39,41,45,47,51,53,66,70H,6-8,10,12-14,16,19,22,25,28,30-32,34,36-38,40,42-44,46,48-50,52,54-65H2,1-5H3/p+1/b11-9-,17-15-,20-18-,23-21-,26-24-,29-27-,35-33-,41-39-,47-45-,53-51-. The van der Waals surface area contributed by atoms with Crippen LogP contribution in [0.1, 0.15) is 245 Å². The Hall–Kier alpha value is -4.31. The van der Waals surface area contributed by atoms with Crippen molar-refractivity contribution in [1.82, 2.24) is 0 Å². The summed E-state index contributed by atoms with van der Waals surface area (Å²) in [7, 11) is 5.95. The summed E-state index contributed by atoms with van der Waals surface area (Å²) in [5.74, 6) is -2.07. The number of carbonyl (C=O) groups is 3. The fourth-order valence-electron chi connectivity index (χ4n) is 8.35. The van der Waals surface area contributed by atoms with Gasteiger partial charge in [-0.05, 0) is 109 Å². The molecule has 0 rings (SSSR count). The first kappa shape index (κ1) is 74.7. The lowest BCUT2D eigenvalue weighted by atomic mass is 10.0. The third kappa shape index (κ3) is 61.2. The smallest absolute Gasteiger partial charge is 0.361 e. The van der Waals surface area contributed by atoms with Crippen LogP contribution in [0.4, 0.5) is 0 Å². The Bertz CT molecular complexity index is 1710. The molecule has 9 nitrogen and oxygen atoms in total. The van der Waals surface area contributed by atoms with E-state index in [2.05, 4.69) is 135 Å². The molecule has 0 aliphatic carbocycles. The van der Waals surface area contributed by atoms with Gasteiger partial charge in [-0.3, -0.25) is 9.59 Å². The van der Waals surface area contributed by atoms with Crippen LogP contribution in [0.25, 0.3) is 0 Å². The van der Waals surface area contributed by atoms with Crippen LogP contribution in [-0.2, 0) is 33.3 Å². The highest BCUT2D eigenvalue weighted by atomic mass is 16.7. The van der Waals surface area contributed by atoms with E-state index in [1.54, 1.807) is 0 Å². The number of aliphatic carboxylic acids is 1. The van der Waals surface area contributed by atoms with Crippen molar-refractivity contribution in [3.05, 3.63) is 122 Å². The Morgan fingerprint density at radius 3 is 1.10 bits per heavy atom. The Morgan fingerprint density at radius 1 is 0.392 bits per heavy atom. The summed E-state index contributed by atoms with van der Waals surface area (Å²) in [5.41, 5.74) is 0. The fraction of sp³-hybridized carbons (Fsp3) is 0.671. The highest BCUT2D eigenvalue weighted by molar-refractivity contribution is 5.71. The second-order valence-corrected chi connectivity index (χ2v) is 22.0. The maximum absolute atomic E-state index is 12.9. The van der Waals surface area contributed by atoms with Crippen molar-refractivity contribution in [3.63, 3.8) is 0 Å². The van der Waals surface area contributed by atoms with Gasteiger partial charge in [0.15, 0.2) is 6.10 Å². The van der Waals surface area contributed by atoms with E-state index in [0.717, 1.165) is 89.9 Å². The zero-order chi connectivity index (χ0) is 57.6. The lowest BCUT2D eigenvalue weighted by Gasteiger charge is -2.25. The van der Waals surface area contributed by atoms with Gasteiger partial charge in [0.2, 0.25) is 0 Å². The molecule has 0 heterocycles. The molecule has 0 aliphatic rings. The second-order valence-electron chi connectivity index (χ2n) is 22.0. The van der Waals surface area contributed by atoms with Crippen molar-refractivity contribution in [2.24, 2.45) is 0 Å². The maximum atomic E-state index is 12.9. The Kier molecular flexibility index (Phi) is 56.5. The number of unbranched alkanes of at least 4 members (excludes halogenated alkanes) is 22. The molecule has 0 amide bonds. The SMILES string of the molecule is CC/C=C\C/C=C\C/C=C\C/C=C\C/C=C\C/C=C\C/C=C\C/C=C\CCCCC(=O)OC(COC(=O)CCCCCCCCCCCCCCCCC/C=C\C/C=C\CCCCCCC)COC(OCC[N+](C)(C)C)C(=O)O. The minimum absolute atomic E-state index is 0.173. The first-order valence-electron chi connectivity index (χ1n) is 31.7. The molecule has 0 aromatic heterocycles. The topological polar surface area (TPSA) is 108 Å². The molecule has 0 aromatic carbocycles. The summed E-state index contributed by atoms with van der Waals surface area (Å²) in [6.45, 7) is 4.70. The number of ether oxygens (including phenoxy) is 4. The molecular weight excluding hydrogens is 983 g/mol. The molecule has 1 N–H and O–H groups in total. The van der Waals surface area contributed by atoms with E-state index in [1.165, 1.54) is 122 Å². The predicted octanol–water partition coefficient (Wildman–Crippen LogP) is 19.2. The Balaban J connectivity index is 4.30. The van der Waals surface area contributed by atoms with Gasteiger partial charge in [-0.1, -0.05) is 245 Å². The van der Waals surface area contributed by atoms with Crippen molar-refractivity contribution in [3.8, 4) is 0 Å². The van der Waals surface area contributed by atoms with Crippen LogP contribution >= 0.6 is 0 Å². The lowest BCUT2D eigenvalue weighted by Crippen LogP contribution is -2.40. The van der Waals surface area contributed by atoms with Crippen LogP contribution in [-0.4, -0.2) is 87.4 Å². The summed E-state index contributed by atoms with van der Waals surface area (Å²) in [6.07, 6.45) is 81.5. The first-order chi connectivity index (χ1) is 38.6. The van der Waals surface area contributed by atoms with Gasteiger partial charge in [-0.2, -0.15) is 0 Å². The average molecular weight is 1100 g/mol. The van der Waals surface area contributed by atoms with Crippen LogP contribution in [0.3, 0.4) is 0 Å². The number of carboxylic acid groups (broad SMARTS) is 1. The summed E-state index contributed by atoms with van der Waals surface area (Å²) < 4.78 is 22.9. The molecule has 0 saturated carbocycles. The zero-order valence-corrected chi connectivity index (χ0v) is 51.2. The minimum Gasteiger partial charge on any atom is -0.477 e. The van der Waals surface area contributed by atoms with Gasteiger partial charge in [0.25, 0.3) is 6.29 Å². The number of rotatable bonds is 57. The van der Waals surface area contributed by atoms with Gasteiger partial charge in [-0.15, -0.1) is 0 Å². The van der Waals surface area contributed by atoms with E-state index >= 15 is 0 Å². The van der Waals surface area contributed by atoms with Crippen LogP contribution in [0, 0.1) is 0 Å². The second kappa shape index (κ2) is 59.8. The summed E-state index contributed by atoms with van der Waals surface area (Å²) in [5, 5.41) is 9.72. The summed E-state index contributed by atoms with van der Waals surface area (Å²) in [4.78, 5) is 37.5. The van der Waals surface area contributed by atoms with Crippen LogP contribution in [0.15, 0.2) is 122 Å².